The van der Waals surface area contributed by atoms with Crippen molar-refractivity contribution in [3.05, 3.63) is 11.1 Å². The van der Waals surface area contributed by atoms with Crippen molar-refractivity contribution in [2.24, 2.45) is 5.92 Å². The maximum Gasteiger partial charge on any atom is 0.0202 e. The minimum absolute atomic E-state index is 0.710. The molecule has 1 heterocycles. The lowest BCUT2D eigenvalue weighted by Crippen LogP contribution is -2.39. The number of hydrogen-bond acceptors (Lipinski definition) is 2. The Hall–Kier alpha value is -0.0500. The smallest absolute Gasteiger partial charge is 0.0202 e. The highest BCUT2D eigenvalue weighted by Gasteiger charge is 2.26. The molecule has 0 radical (unpaired) electrons. The second-order valence-electron chi connectivity index (χ2n) is 5.39. The van der Waals surface area contributed by atoms with Crippen molar-refractivity contribution in [2.45, 2.75) is 38.6 Å². The molecule has 0 aromatic rings. The van der Waals surface area contributed by atoms with Gasteiger partial charge in [-0.15, -0.1) is 0 Å². The fourth-order valence-corrected chi connectivity index (χ4v) is 2.55. The lowest BCUT2D eigenvalue weighted by Gasteiger charge is -2.25. The summed E-state index contributed by atoms with van der Waals surface area (Å²) in [5.74, 6) is 0.963. The van der Waals surface area contributed by atoms with Crippen molar-refractivity contribution in [3.63, 3.8) is 0 Å². The summed E-state index contributed by atoms with van der Waals surface area (Å²) in [7, 11) is 0. The van der Waals surface area contributed by atoms with Crippen LogP contribution in [-0.4, -0.2) is 37.1 Å². The average Bonchev–Trinajstić information content (AvgIpc) is 2.93. The molecule has 1 unspecified atom stereocenters. The van der Waals surface area contributed by atoms with E-state index in [0.29, 0.717) is 6.04 Å². The second-order valence-corrected chi connectivity index (χ2v) is 5.60. The van der Waals surface area contributed by atoms with Crippen molar-refractivity contribution in [1.29, 1.82) is 0 Å². The average molecular weight is 243 g/mol. The normalized spacial score (nSPS) is 26.7. The molecule has 3 heteroatoms. The molecule has 1 saturated heterocycles. The van der Waals surface area contributed by atoms with Gasteiger partial charge in [0.15, 0.2) is 0 Å². The van der Waals surface area contributed by atoms with Gasteiger partial charge in [0.25, 0.3) is 0 Å². The van der Waals surface area contributed by atoms with Crippen LogP contribution in [-0.2, 0) is 0 Å². The van der Waals surface area contributed by atoms with Gasteiger partial charge in [0, 0.05) is 31.2 Å². The number of hydrogen-bond donors (Lipinski definition) is 1. The SMILES string of the molecule is CC(=CCl)CN(CC1CC1)CC1CCCN1. The zero-order valence-electron chi connectivity index (χ0n) is 10.2. The molecular weight excluding hydrogens is 220 g/mol. The monoisotopic (exact) mass is 242 g/mol. The molecule has 2 aliphatic rings. The van der Waals surface area contributed by atoms with Crippen LogP contribution in [0.3, 0.4) is 0 Å². The van der Waals surface area contributed by atoms with Gasteiger partial charge in [0.2, 0.25) is 0 Å². The van der Waals surface area contributed by atoms with Crippen LogP contribution < -0.4 is 5.32 Å². The Morgan fingerprint density at radius 2 is 2.19 bits per heavy atom. The Balaban J connectivity index is 1.79. The summed E-state index contributed by atoms with van der Waals surface area (Å²) >= 11 is 5.76. The molecule has 1 aliphatic heterocycles. The summed E-state index contributed by atoms with van der Waals surface area (Å²) in [4.78, 5) is 2.58. The Morgan fingerprint density at radius 3 is 2.75 bits per heavy atom. The van der Waals surface area contributed by atoms with Crippen molar-refractivity contribution < 1.29 is 0 Å². The molecule has 1 N–H and O–H groups in total. The molecule has 0 aromatic carbocycles. The Labute approximate surface area is 104 Å². The molecule has 2 fully saturated rings. The maximum atomic E-state index is 5.76. The van der Waals surface area contributed by atoms with Crippen LogP contribution >= 0.6 is 11.6 Å². The third-order valence-corrected chi connectivity index (χ3v) is 3.89. The van der Waals surface area contributed by atoms with Gasteiger partial charge in [-0.25, -0.2) is 0 Å². The van der Waals surface area contributed by atoms with Crippen LogP contribution in [0.5, 0.6) is 0 Å². The maximum absolute atomic E-state index is 5.76. The van der Waals surface area contributed by atoms with Gasteiger partial charge in [-0.1, -0.05) is 11.6 Å². The van der Waals surface area contributed by atoms with Gasteiger partial charge in [0.1, 0.15) is 0 Å². The predicted molar refractivity (Wildman–Crippen MR) is 69.8 cm³/mol. The van der Waals surface area contributed by atoms with Crippen molar-refractivity contribution >= 4 is 11.6 Å². The molecule has 0 amide bonds. The highest BCUT2D eigenvalue weighted by Crippen LogP contribution is 2.30. The topological polar surface area (TPSA) is 15.3 Å². The van der Waals surface area contributed by atoms with E-state index < -0.39 is 0 Å². The highest BCUT2D eigenvalue weighted by molar-refractivity contribution is 6.25. The van der Waals surface area contributed by atoms with E-state index in [1.54, 1.807) is 5.54 Å². The van der Waals surface area contributed by atoms with E-state index in [9.17, 15) is 0 Å². The largest absolute Gasteiger partial charge is 0.313 e. The van der Waals surface area contributed by atoms with E-state index in [2.05, 4.69) is 17.1 Å². The van der Waals surface area contributed by atoms with Gasteiger partial charge >= 0.3 is 0 Å². The standard InChI is InChI=1S/C13H23ClN2/c1-11(7-14)8-16(9-12-4-5-12)10-13-3-2-6-15-13/h7,12-13,15H,2-6,8-10H2,1H3. The fourth-order valence-electron chi connectivity index (χ4n) is 2.48. The van der Waals surface area contributed by atoms with Crippen molar-refractivity contribution in [1.82, 2.24) is 10.2 Å². The third kappa shape index (κ3) is 4.08. The van der Waals surface area contributed by atoms with Crippen molar-refractivity contribution in [2.75, 3.05) is 26.2 Å². The number of halogens is 1. The molecule has 2 rings (SSSR count). The summed E-state index contributed by atoms with van der Waals surface area (Å²) in [6.45, 7) is 6.82. The Morgan fingerprint density at radius 1 is 1.38 bits per heavy atom. The van der Waals surface area contributed by atoms with Crippen LogP contribution in [0.4, 0.5) is 0 Å². The van der Waals surface area contributed by atoms with Gasteiger partial charge in [0.05, 0.1) is 0 Å². The molecule has 2 nitrogen and oxygen atoms in total. The fraction of sp³-hybridized carbons (Fsp3) is 0.846. The molecule has 0 spiro atoms. The zero-order valence-corrected chi connectivity index (χ0v) is 11.0. The minimum atomic E-state index is 0.710. The molecule has 1 aliphatic carbocycles. The summed E-state index contributed by atoms with van der Waals surface area (Å²) in [5, 5.41) is 3.58. The number of nitrogens with zero attached hydrogens (tertiary/aromatic N) is 1. The van der Waals surface area contributed by atoms with E-state index in [1.165, 1.54) is 50.9 Å². The van der Waals surface area contributed by atoms with Gasteiger partial charge in [-0.3, -0.25) is 4.90 Å². The molecule has 16 heavy (non-hydrogen) atoms. The summed E-state index contributed by atoms with van der Waals surface area (Å²) in [5.41, 5.74) is 3.00. The molecular formula is C13H23ClN2. The molecule has 0 bridgehead atoms. The summed E-state index contributed by atoms with van der Waals surface area (Å²) in [6.07, 6.45) is 5.54. The summed E-state index contributed by atoms with van der Waals surface area (Å²) in [6, 6.07) is 0.710. The van der Waals surface area contributed by atoms with Gasteiger partial charge in [-0.05, 0) is 50.6 Å². The first kappa shape index (κ1) is 12.4. The van der Waals surface area contributed by atoms with Crippen LogP contribution in [0.1, 0.15) is 32.6 Å². The lowest BCUT2D eigenvalue weighted by atomic mass is 10.2. The number of rotatable bonds is 6. The van der Waals surface area contributed by atoms with E-state index in [-0.39, 0.29) is 0 Å². The van der Waals surface area contributed by atoms with Gasteiger partial charge in [-0.2, -0.15) is 0 Å². The molecule has 92 valence electrons. The van der Waals surface area contributed by atoms with E-state index in [0.717, 1.165) is 12.5 Å². The molecule has 1 atom stereocenters. The number of nitrogens with one attached hydrogen (secondary N) is 1. The Bertz CT molecular complexity index is 242. The quantitative estimate of drug-likeness (QED) is 0.770. The van der Waals surface area contributed by atoms with E-state index >= 15 is 0 Å². The first-order valence-corrected chi connectivity index (χ1v) is 6.93. The van der Waals surface area contributed by atoms with Crippen molar-refractivity contribution in [3.8, 4) is 0 Å². The first-order valence-electron chi connectivity index (χ1n) is 6.49. The van der Waals surface area contributed by atoms with E-state index in [4.69, 9.17) is 11.6 Å². The van der Waals surface area contributed by atoms with Crippen LogP contribution in [0, 0.1) is 5.92 Å². The van der Waals surface area contributed by atoms with E-state index in [1.807, 2.05) is 0 Å². The molecule has 1 saturated carbocycles. The second kappa shape index (κ2) is 6.04. The van der Waals surface area contributed by atoms with Crippen LogP contribution in [0.2, 0.25) is 0 Å². The Kier molecular flexibility index (Phi) is 4.68. The van der Waals surface area contributed by atoms with Crippen LogP contribution in [0.15, 0.2) is 11.1 Å². The first-order chi connectivity index (χ1) is 7.78. The third-order valence-electron chi connectivity index (χ3n) is 3.51. The van der Waals surface area contributed by atoms with Crippen LogP contribution in [0.25, 0.3) is 0 Å². The lowest BCUT2D eigenvalue weighted by molar-refractivity contribution is 0.258. The minimum Gasteiger partial charge on any atom is -0.313 e. The predicted octanol–water partition coefficient (Wildman–Crippen LogP) is 2.59. The van der Waals surface area contributed by atoms with Gasteiger partial charge < -0.3 is 5.32 Å². The zero-order chi connectivity index (χ0) is 11.4. The molecule has 0 aromatic heterocycles. The summed E-state index contributed by atoms with van der Waals surface area (Å²) < 4.78 is 0. The highest BCUT2D eigenvalue weighted by atomic mass is 35.5.